The Morgan fingerprint density at radius 1 is 0.371 bits per heavy atom. The van der Waals surface area contributed by atoms with E-state index in [4.69, 9.17) is 6.57 Å². The van der Waals surface area contributed by atoms with E-state index in [0.717, 1.165) is 65.9 Å². The second kappa shape index (κ2) is 14.6. The summed E-state index contributed by atoms with van der Waals surface area (Å²) in [6.45, 7) is 7.50. The quantitative estimate of drug-likeness (QED) is 0.160. The van der Waals surface area contributed by atoms with Gasteiger partial charge in [0.1, 0.15) is 6.07 Å². The van der Waals surface area contributed by atoms with Crippen LogP contribution in [0.3, 0.4) is 0 Å². The first-order valence-electron chi connectivity index (χ1n) is 19.5. The van der Waals surface area contributed by atoms with Crippen molar-refractivity contribution in [2.45, 2.75) is 0 Å². The molecule has 8 aromatic carbocycles. The summed E-state index contributed by atoms with van der Waals surface area (Å²) in [6, 6.07) is 61.3. The highest BCUT2D eigenvalue weighted by atomic mass is 15.0. The predicted molar refractivity (Wildman–Crippen MR) is 241 cm³/mol. The lowest BCUT2D eigenvalue weighted by Gasteiger charge is -2.19. The predicted octanol–water partition coefficient (Wildman–Crippen LogP) is 12.8. The maximum atomic E-state index is 11.2. The number of hydrogen-bond acceptors (Lipinski definition) is 5. The molecule has 0 bridgehead atoms. The van der Waals surface area contributed by atoms with Gasteiger partial charge in [0.25, 0.3) is 0 Å². The van der Waals surface area contributed by atoms with Crippen molar-refractivity contribution in [1.82, 2.24) is 9.13 Å². The Kier molecular flexibility index (Phi) is 8.62. The molecule has 0 radical (unpaired) electrons. The van der Waals surface area contributed by atoms with E-state index >= 15 is 0 Å². The van der Waals surface area contributed by atoms with Gasteiger partial charge in [0.05, 0.1) is 86.5 Å². The van der Waals surface area contributed by atoms with Crippen LogP contribution in [-0.2, 0) is 0 Å². The fourth-order valence-electron chi connectivity index (χ4n) is 8.72. The molecule has 10 aromatic rings. The number of fused-ring (bicyclic) bond motifs is 6. The van der Waals surface area contributed by atoms with Gasteiger partial charge in [0.15, 0.2) is 5.69 Å². The van der Waals surface area contributed by atoms with E-state index in [0.29, 0.717) is 56.0 Å². The van der Waals surface area contributed by atoms with E-state index in [2.05, 4.69) is 56.5 Å². The molecule has 0 atom stereocenters. The number of para-hydroxylation sites is 2. The van der Waals surface area contributed by atoms with Crippen molar-refractivity contribution in [3.63, 3.8) is 0 Å². The van der Waals surface area contributed by atoms with Crippen LogP contribution < -0.4 is 0 Å². The van der Waals surface area contributed by atoms with Gasteiger partial charge >= 0.3 is 0 Å². The maximum absolute atomic E-state index is 11.2. The Morgan fingerprint density at radius 3 is 1.50 bits per heavy atom. The van der Waals surface area contributed by atoms with Gasteiger partial charge in [-0.1, -0.05) is 91.0 Å². The van der Waals surface area contributed by atoms with E-state index in [-0.39, 0.29) is 0 Å². The molecule has 0 aliphatic heterocycles. The summed E-state index contributed by atoms with van der Waals surface area (Å²) in [5.74, 6) is 0. The van der Waals surface area contributed by atoms with E-state index < -0.39 is 0 Å². The van der Waals surface area contributed by atoms with E-state index in [1.807, 2.05) is 103 Å². The first-order chi connectivity index (χ1) is 30.5. The Labute approximate surface area is 355 Å². The van der Waals surface area contributed by atoms with E-state index in [9.17, 15) is 26.3 Å². The van der Waals surface area contributed by atoms with Crippen LogP contribution in [0, 0.1) is 63.2 Å². The smallest absolute Gasteiger partial charge is 0.188 e. The summed E-state index contributed by atoms with van der Waals surface area (Å²) in [5, 5.41) is 54.9. The van der Waals surface area contributed by atoms with Gasteiger partial charge in [-0.2, -0.15) is 26.3 Å². The Balaban J connectivity index is 1.30. The summed E-state index contributed by atoms with van der Waals surface area (Å²) in [4.78, 5) is 3.53. The molecule has 8 heteroatoms. The van der Waals surface area contributed by atoms with Crippen LogP contribution in [0.15, 0.2) is 158 Å². The lowest BCUT2D eigenvalue weighted by atomic mass is 9.96. The third-order valence-electron chi connectivity index (χ3n) is 11.5. The SMILES string of the molecule is [C-]#[N+]c1ccc(-c2ccc3c4ccccc4n(-c4cc(C#N)c(-n5c6ccccc6c6ccc(-c7ccc(C#N)cc7C#N)cc65)cc4-c4cccc(C#N)c4)c3c2)c(C#N)c1. The minimum atomic E-state index is 0.381. The third kappa shape index (κ3) is 5.71. The van der Waals surface area contributed by atoms with Crippen molar-refractivity contribution in [2.24, 2.45) is 0 Å². The Morgan fingerprint density at radius 2 is 0.903 bits per heavy atom. The standard InChI is InChI=1S/C54H26N8/c1-60-41-16-20-43(39(23-41)31-58)37-15-19-47-45-10-3-5-12-50(45)62(53(47)25-37)54-26-40(32-59)51(27-48(54)35-8-6-7-33(21-35)28-55)61-49-11-4-2-9-44(49)46-18-14-36(24-52(46)61)42-17-13-34(29-56)22-38(42)30-57/h2-27H. The fraction of sp³-hybridized carbons (Fsp3) is 0. The molecule has 0 saturated heterocycles. The summed E-state index contributed by atoms with van der Waals surface area (Å²) in [6.07, 6.45) is 0. The highest BCUT2D eigenvalue weighted by Gasteiger charge is 2.23. The molecule has 0 unspecified atom stereocenters. The van der Waals surface area contributed by atoms with Crippen molar-refractivity contribution in [3.05, 3.63) is 197 Å². The Hall–Kier alpha value is -9.70. The molecule has 8 nitrogen and oxygen atoms in total. The Bertz CT molecular complexity index is 3840. The highest BCUT2D eigenvalue weighted by molar-refractivity contribution is 6.12. The molecule has 10 rings (SSSR count). The summed E-state index contributed by atoms with van der Waals surface area (Å²) in [5.41, 5.74) is 11.7. The van der Waals surface area contributed by atoms with Crippen LogP contribution in [0.25, 0.3) is 93.2 Å². The average molecular weight is 787 g/mol. The highest BCUT2D eigenvalue weighted by Crippen LogP contribution is 2.43. The number of nitriles is 5. The number of aromatic nitrogens is 2. The van der Waals surface area contributed by atoms with Crippen molar-refractivity contribution in [1.29, 1.82) is 26.3 Å². The van der Waals surface area contributed by atoms with Gasteiger partial charge in [-0.25, -0.2) is 4.85 Å². The molecule has 0 saturated carbocycles. The number of benzene rings is 8. The van der Waals surface area contributed by atoms with Gasteiger partial charge in [-0.3, -0.25) is 0 Å². The fourth-order valence-corrected chi connectivity index (χ4v) is 8.72. The molecule has 2 aromatic heterocycles. The third-order valence-corrected chi connectivity index (χ3v) is 11.5. The first kappa shape index (κ1) is 36.6. The number of rotatable bonds is 5. The molecule has 62 heavy (non-hydrogen) atoms. The van der Waals surface area contributed by atoms with Crippen LogP contribution in [-0.4, -0.2) is 9.13 Å². The minimum Gasteiger partial charge on any atom is -0.309 e. The zero-order chi connectivity index (χ0) is 42.5. The van der Waals surface area contributed by atoms with Gasteiger partial charge in [-0.15, -0.1) is 0 Å². The lowest BCUT2D eigenvalue weighted by molar-refractivity contribution is 1.14. The van der Waals surface area contributed by atoms with Gasteiger partial charge < -0.3 is 9.13 Å². The molecular formula is C54H26N8. The normalized spacial score (nSPS) is 10.8. The molecule has 0 N–H and O–H groups in total. The van der Waals surface area contributed by atoms with Crippen LogP contribution in [0.5, 0.6) is 0 Å². The van der Waals surface area contributed by atoms with Crippen LogP contribution in [0.2, 0.25) is 0 Å². The first-order valence-corrected chi connectivity index (χ1v) is 19.5. The van der Waals surface area contributed by atoms with Gasteiger partial charge in [-0.05, 0) is 94.5 Å². The number of nitrogens with zero attached hydrogens (tertiary/aromatic N) is 8. The molecule has 0 aliphatic rings. The van der Waals surface area contributed by atoms with Gasteiger partial charge in [0, 0.05) is 32.7 Å². The topological polar surface area (TPSA) is 133 Å². The molecule has 0 spiro atoms. The molecule has 0 aliphatic carbocycles. The molecule has 0 amide bonds. The summed E-state index contributed by atoms with van der Waals surface area (Å²) in [7, 11) is 0. The molecule has 2 heterocycles. The van der Waals surface area contributed by atoms with E-state index in [1.165, 1.54) is 0 Å². The molecule has 0 fully saturated rings. The van der Waals surface area contributed by atoms with Crippen molar-refractivity contribution >= 4 is 49.3 Å². The monoisotopic (exact) mass is 786 g/mol. The molecule has 282 valence electrons. The second-order valence-electron chi connectivity index (χ2n) is 14.8. The van der Waals surface area contributed by atoms with Crippen molar-refractivity contribution in [3.8, 4) is 75.1 Å². The largest absolute Gasteiger partial charge is 0.309 e. The van der Waals surface area contributed by atoms with Crippen LogP contribution >= 0.6 is 0 Å². The zero-order valence-electron chi connectivity index (χ0n) is 32.6. The van der Waals surface area contributed by atoms with E-state index in [1.54, 1.807) is 42.5 Å². The average Bonchev–Trinajstić information content (AvgIpc) is 3.84. The lowest BCUT2D eigenvalue weighted by Crippen LogP contribution is -2.04. The van der Waals surface area contributed by atoms with Gasteiger partial charge in [0.2, 0.25) is 0 Å². The van der Waals surface area contributed by atoms with Crippen molar-refractivity contribution in [2.75, 3.05) is 0 Å². The number of hydrogen-bond donors (Lipinski definition) is 0. The maximum Gasteiger partial charge on any atom is 0.188 e. The summed E-state index contributed by atoms with van der Waals surface area (Å²) < 4.78 is 4.23. The summed E-state index contributed by atoms with van der Waals surface area (Å²) >= 11 is 0. The zero-order valence-corrected chi connectivity index (χ0v) is 32.6. The minimum absolute atomic E-state index is 0.381. The molecular weight excluding hydrogens is 761 g/mol. The van der Waals surface area contributed by atoms with Crippen molar-refractivity contribution < 1.29 is 0 Å². The van der Waals surface area contributed by atoms with Crippen LogP contribution in [0.1, 0.15) is 27.8 Å². The van der Waals surface area contributed by atoms with Crippen LogP contribution in [0.4, 0.5) is 5.69 Å². The second-order valence-corrected chi connectivity index (χ2v) is 14.8.